The molecule has 0 unspecified atom stereocenters. The van der Waals surface area contributed by atoms with Gasteiger partial charge in [-0.15, -0.1) is 0 Å². The summed E-state index contributed by atoms with van der Waals surface area (Å²) in [6.07, 6.45) is -4.43. The van der Waals surface area contributed by atoms with Crippen LogP contribution in [0.3, 0.4) is 0 Å². The van der Waals surface area contributed by atoms with Gasteiger partial charge in [0.05, 0.1) is 11.3 Å². The number of aromatic hydroxyl groups is 1. The summed E-state index contributed by atoms with van der Waals surface area (Å²) in [6.45, 7) is 3.62. The van der Waals surface area contributed by atoms with Gasteiger partial charge in [0.2, 0.25) is 0 Å². The van der Waals surface area contributed by atoms with Crippen molar-refractivity contribution in [3.63, 3.8) is 0 Å². The molecule has 0 aliphatic carbocycles. The number of rotatable bonds is 3. The van der Waals surface area contributed by atoms with Gasteiger partial charge in [-0.3, -0.25) is 10.7 Å². The van der Waals surface area contributed by atoms with Crippen molar-refractivity contribution in [2.24, 2.45) is 0 Å². The molecule has 1 radical (unpaired) electrons. The van der Waals surface area contributed by atoms with Crippen LogP contribution < -0.4 is 10.8 Å². The fourth-order valence-corrected chi connectivity index (χ4v) is 1.70. The molecule has 0 aliphatic heterocycles. The number of para-hydroxylation sites is 1. The van der Waals surface area contributed by atoms with E-state index in [1.54, 1.807) is 29.7 Å². The van der Waals surface area contributed by atoms with Gasteiger partial charge in [0, 0.05) is 44.4 Å². The van der Waals surface area contributed by atoms with Crippen LogP contribution in [0.1, 0.15) is 19.4 Å². The van der Waals surface area contributed by atoms with Gasteiger partial charge in [-0.2, -0.15) is 13.2 Å². The Balaban J connectivity index is 0.000000555. The Kier molecular flexibility index (Phi) is 9.96. The second-order valence-electron chi connectivity index (χ2n) is 5.04. The molecule has 129 valence electrons. The first kappa shape index (κ1) is 22.7. The van der Waals surface area contributed by atoms with E-state index in [2.05, 4.69) is 5.32 Å². The van der Waals surface area contributed by atoms with Gasteiger partial charge < -0.3 is 10.4 Å². The van der Waals surface area contributed by atoms with E-state index in [-0.39, 0.29) is 44.4 Å². The molecule has 0 saturated heterocycles. The molecule has 4 N–H and O–H groups in total. The van der Waals surface area contributed by atoms with E-state index in [0.29, 0.717) is 11.4 Å². The van der Waals surface area contributed by atoms with E-state index in [0.717, 1.165) is 12.1 Å². The average Bonchev–Trinajstić information content (AvgIpc) is 2.46. The third-order valence-corrected chi connectivity index (χ3v) is 2.60. The van der Waals surface area contributed by atoms with E-state index < -0.39 is 11.7 Å². The van der Waals surface area contributed by atoms with Crippen LogP contribution in [0.15, 0.2) is 48.5 Å². The zero-order chi connectivity index (χ0) is 17.5. The first-order valence-electron chi connectivity index (χ1n) is 6.85. The van der Waals surface area contributed by atoms with Crippen LogP contribution in [0.5, 0.6) is 5.75 Å². The minimum atomic E-state index is -4.43. The molecule has 0 aliphatic rings. The minimum absolute atomic E-state index is 0. The maximum absolute atomic E-state index is 12.5. The smallest absolute Gasteiger partial charge is 0.416 e. The van der Waals surface area contributed by atoms with Crippen molar-refractivity contribution in [2.75, 3.05) is 10.8 Å². The molecule has 0 aromatic heterocycles. The summed E-state index contributed by atoms with van der Waals surface area (Å²) in [6, 6.07) is 12.0. The molecular weight excluding hydrogens is 398 g/mol. The molecule has 0 fully saturated rings. The number of phenolic OH excluding ortho intramolecular Hbond substituents is 1. The topological polar surface area (TPSA) is 64.5 Å². The number of benzene rings is 2. The van der Waals surface area contributed by atoms with Crippen molar-refractivity contribution in [1.82, 2.24) is 0 Å². The minimum Gasteiger partial charge on any atom is -0.508 e. The summed E-state index contributed by atoms with van der Waals surface area (Å²) >= 11 is 0. The molecule has 4 nitrogen and oxygen atoms in total. The molecule has 0 bridgehead atoms. The summed E-state index contributed by atoms with van der Waals surface area (Å²) in [5, 5.41) is 20.1. The molecule has 0 saturated carbocycles. The maximum atomic E-state index is 12.5. The summed E-state index contributed by atoms with van der Waals surface area (Å²) in [5.74, 6) is 0.322. The van der Waals surface area contributed by atoms with Crippen molar-refractivity contribution in [3.8, 4) is 5.75 Å². The fraction of sp³-hybridized carbons (Fsp3) is 0.250. The van der Waals surface area contributed by atoms with E-state index >= 15 is 0 Å². The predicted molar refractivity (Wildman–Crippen MR) is 83.7 cm³/mol. The van der Waals surface area contributed by atoms with E-state index in [9.17, 15) is 13.2 Å². The van der Waals surface area contributed by atoms with Crippen LogP contribution in [0.25, 0.3) is 0 Å². The molecule has 0 heterocycles. The van der Waals surface area contributed by atoms with Crippen LogP contribution in [-0.2, 0) is 38.9 Å². The van der Waals surface area contributed by atoms with Gasteiger partial charge in [0.1, 0.15) is 5.75 Å². The van der Waals surface area contributed by atoms with Gasteiger partial charge in [0.25, 0.3) is 0 Å². The molecule has 2 aromatic carbocycles. The largest absolute Gasteiger partial charge is 0.508 e. The van der Waals surface area contributed by atoms with Crippen molar-refractivity contribution in [1.29, 1.82) is 0 Å². The van der Waals surface area contributed by atoms with Crippen LogP contribution in [-0.4, -0.2) is 16.4 Å². The normalized spacial score (nSPS) is 10.3. The number of anilines is 2. The maximum Gasteiger partial charge on any atom is 0.416 e. The van der Waals surface area contributed by atoms with Crippen LogP contribution in [0, 0.1) is 0 Å². The molecule has 2 aromatic rings. The molecule has 2 rings (SSSR count). The molecule has 24 heavy (non-hydrogen) atoms. The average molecular weight is 417 g/mol. The molecule has 0 atom stereocenters. The number of phenols is 1. The summed E-state index contributed by atoms with van der Waals surface area (Å²) in [4.78, 5) is 0. The second-order valence-corrected chi connectivity index (χ2v) is 5.04. The SMILES string of the molecule is CC(C)Nc1cc(NO)cc(C(F)(F)F)c1.Oc1ccccc1.[Y]. The molecule has 0 spiro atoms. The Morgan fingerprint density at radius 2 is 1.50 bits per heavy atom. The van der Waals surface area contributed by atoms with E-state index in [4.69, 9.17) is 10.3 Å². The summed E-state index contributed by atoms with van der Waals surface area (Å²) in [7, 11) is 0. The Morgan fingerprint density at radius 3 is 1.88 bits per heavy atom. The van der Waals surface area contributed by atoms with Gasteiger partial charge in [-0.25, -0.2) is 0 Å². The van der Waals surface area contributed by atoms with E-state index in [1.807, 2.05) is 19.9 Å². The Morgan fingerprint density at radius 1 is 0.958 bits per heavy atom. The van der Waals surface area contributed by atoms with Crippen molar-refractivity contribution >= 4 is 11.4 Å². The van der Waals surface area contributed by atoms with Crippen LogP contribution in [0.2, 0.25) is 0 Å². The Hall–Kier alpha value is -1.31. The molecular formula is C16H19F3N2O2Y. The Labute approximate surface area is 163 Å². The fourth-order valence-electron chi connectivity index (χ4n) is 1.70. The molecule has 8 heteroatoms. The summed E-state index contributed by atoms with van der Waals surface area (Å²) < 4.78 is 37.5. The number of halogens is 3. The monoisotopic (exact) mass is 417 g/mol. The number of nitrogens with one attached hydrogen (secondary N) is 2. The van der Waals surface area contributed by atoms with Crippen molar-refractivity contribution < 1.29 is 56.2 Å². The quantitative estimate of drug-likeness (QED) is 0.546. The van der Waals surface area contributed by atoms with Crippen molar-refractivity contribution in [3.05, 3.63) is 54.1 Å². The summed E-state index contributed by atoms with van der Waals surface area (Å²) in [5.41, 5.74) is 1.21. The second kappa shape index (κ2) is 10.5. The van der Waals surface area contributed by atoms with Crippen molar-refractivity contribution in [2.45, 2.75) is 26.1 Å². The first-order valence-corrected chi connectivity index (χ1v) is 6.85. The Bertz CT molecular complexity index is 608. The third-order valence-electron chi connectivity index (χ3n) is 2.60. The van der Waals surface area contributed by atoms with Gasteiger partial charge in [-0.05, 0) is 44.2 Å². The van der Waals surface area contributed by atoms with E-state index in [1.165, 1.54) is 6.07 Å². The van der Waals surface area contributed by atoms with Gasteiger partial charge in [-0.1, -0.05) is 18.2 Å². The predicted octanol–water partition coefficient (Wildman–Crippen LogP) is 4.72. The third kappa shape index (κ3) is 8.52. The number of alkyl halides is 3. The molecule has 0 amide bonds. The van der Waals surface area contributed by atoms with Gasteiger partial charge in [0.15, 0.2) is 0 Å². The first-order chi connectivity index (χ1) is 10.7. The van der Waals surface area contributed by atoms with Crippen LogP contribution >= 0.6 is 0 Å². The zero-order valence-corrected chi connectivity index (χ0v) is 16.1. The number of hydrogen-bond acceptors (Lipinski definition) is 4. The zero-order valence-electron chi connectivity index (χ0n) is 13.3. The van der Waals surface area contributed by atoms with Crippen LogP contribution in [0.4, 0.5) is 24.5 Å². The number of hydrogen-bond donors (Lipinski definition) is 4. The standard InChI is InChI=1S/C10H13F3N2O.C6H6O.Y/c1-6(2)14-8-3-7(10(11,12)13)4-9(5-8)15-16;7-6-4-2-1-3-5-6;/h3-6,14-16H,1-2H3;1-5,7H;. The van der Waals surface area contributed by atoms with Gasteiger partial charge >= 0.3 is 6.18 Å².